The molecule has 0 amide bonds. The summed E-state index contributed by atoms with van der Waals surface area (Å²) in [5, 5.41) is 19.5. The van der Waals surface area contributed by atoms with E-state index in [1.54, 1.807) is 13.0 Å². The Bertz CT molecular complexity index is 1200. The fraction of sp³-hybridized carbons (Fsp3) is 0.278. The molecule has 3 heterocycles. The number of nitrogens with one attached hydrogen (secondary N) is 2. The zero-order valence-corrected chi connectivity index (χ0v) is 18.2. The molecule has 0 spiro atoms. The van der Waals surface area contributed by atoms with E-state index in [2.05, 4.69) is 15.5 Å². The standard InChI is InChI=1S/C18H18ClN5O3S2/c1-10-4-6-11(7-5-10)15-22-23-16(27-15)13-8-12(19)14(28-13)18(2)9-29(25,26)24(3)17(20)21-18/h4-8H,9H2,1-3H3,(H2,20,21)/t18-/m0/s1. The Kier molecular flexibility index (Phi) is 4.67. The van der Waals surface area contributed by atoms with Crippen LogP contribution in [0, 0.1) is 12.3 Å². The molecule has 1 aromatic carbocycles. The van der Waals surface area contributed by atoms with Gasteiger partial charge in [-0.3, -0.25) is 5.41 Å². The van der Waals surface area contributed by atoms with E-state index in [0.717, 1.165) is 15.4 Å². The average Bonchev–Trinajstić information content (AvgIpc) is 3.27. The number of aromatic nitrogens is 2. The Morgan fingerprint density at radius 2 is 1.93 bits per heavy atom. The highest BCUT2D eigenvalue weighted by molar-refractivity contribution is 7.89. The van der Waals surface area contributed by atoms with Crippen molar-refractivity contribution >= 4 is 38.9 Å². The van der Waals surface area contributed by atoms with Crippen LogP contribution < -0.4 is 5.32 Å². The lowest BCUT2D eigenvalue weighted by Crippen LogP contribution is -2.60. The summed E-state index contributed by atoms with van der Waals surface area (Å²) in [4.78, 5) is 1.22. The van der Waals surface area contributed by atoms with Crippen molar-refractivity contribution in [2.75, 3.05) is 12.8 Å². The number of benzene rings is 1. The molecule has 0 bridgehead atoms. The Labute approximate surface area is 177 Å². The summed E-state index contributed by atoms with van der Waals surface area (Å²) in [6.45, 7) is 3.70. The molecule has 3 aromatic rings. The fourth-order valence-electron chi connectivity index (χ4n) is 3.09. The van der Waals surface area contributed by atoms with Crippen molar-refractivity contribution in [3.8, 4) is 22.2 Å². The summed E-state index contributed by atoms with van der Waals surface area (Å²) in [5.74, 6) is 0.258. The maximum atomic E-state index is 12.4. The second kappa shape index (κ2) is 6.82. The molecule has 2 N–H and O–H groups in total. The van der Waals surface area contributed by atoms with Gasteiger partial charge in [0.05, 0.1) is 26.1 Å². The van der Waals surface area contributed by atoms with Crippen molar-refractivity contribution in [2.24, 2.45) is 0 Å². The number of halogens is 1. The SMILES string of the molecule is Cc1ccc(-c2nnc(-c3cc(Cl)c([C@]4(C)CS(=O)(=O)N(C)C(=N)N4)s3)o2)cc1. The minimum atomic E-state index is -3.63. The lowest BCUT2D eigenvalue weighted by molar-refractivity contribution is 0.424. The molecule has 152 valence electrons. The van der Waals surface area contributed by atoms with E-state index in [1.165, 1.54) is 18.4 Å². The maximum Gasteiger partial charge on any atom is 0.258 e. The highest BCUT2D eigenvalue weighted by Crippen LogP contribution is 2.42. The molecule has 29 heavy (non-hydrogen) atoms. The van der Waals surface area contributed by atoms with Gasteiger partial charge in [0.1, 0.15) is 0 Å². The number of sulfonamides is 1. The first-order valence-corrected chi connectivity index (χ1v) is 11.4. The van der Waals surface area contributed by atoms with E-state index in [9.17, 15) is 8.42 Å². The van der Waals surface area contributed by atoms with Crippen molar-refractivity contribution in [2.45, 2.75) is 19.4 Å². The van der Waals surface area contributed by atoms with Gasteiger partial charge in [0, 0.05) is 12.6 Å². The number of guanidine groups is 1. The van der Waals surface area contributed by atoms with E-state index in [0.29, 0.717) is 26.6 Å². The largest absolute Gasteiger partial charge is 0.415 e. The minimum Gasteiger partial charge on any atom is -0.415 e. The molecule has 0 aliphatic carbocycles. The lowest BCUT2D eigenvalue weighted by Gasteiger charge is -2.39. The van der Waals surface area contributed by atoms with Crippen LogP contribution in [0.15, 0.2) is 34.7 Å². The van der Waals surface area contributed by atoms with E-state index < -0.39 is 15.6 Å². The molecule has 0 saturated carbocycles. The molecule has 1 aliphatic rings. The monoisotopic (exact) mass is 451 g/mol. The van der Waals surface area contributed by atoms with Crippen LogP contribution in [0.4, 0.5) is 0 Å². The molecule has 0 unspecified atom stereocenters. The third kappa shape index (κ3) is 3.52. The minimum absolute atomic E-state index is 0.204. The van der Waals surface area contributed by atoms with Gasteiger partial charge in [-0.25, -0.2) is 12.7 Å². The van der Waals surface area contributed by atoms with Crippen LogP contribution in [-0.4, -0.2) is 41.7 Å². The number of hydrogen-bond acceptors (Lipinski definition) is 7. The molecule has 4 rings (SSSR count). The average molecular weight is 452 g/mol. The predicted octanol–water partition coefficient (Wildman–Crippen LogP) is 3.44. The fourth-order valence-corrected chi connectivity index (χ4v) is 6.21. The van der Waals surface area contributed by atoms with Gasteiger partial charge in [0.15, 0.2) is 0 Å². The van der Waals surface area contributed by atoms with Crippen LogP contribution in [0.5, 0.6) is 0 Å². The van der Waals surface area contributed by atoms with E-state index >= 15 is 0 Å². The molecular weight excluding hydrogens is 434 g/mol. The number of rotatable bonds is 3. The van der Waals surface area contributed by atoms with Crippen molar-refractivity contribution < 1.29 is 12.8 Å². The number of thiophene rings is 1. The van der Waals surface area contributed by atoms with Gasteiger partial charge in [-0.1, -0.05) is 29.3 Å². The lowest BCUT2D eigenvalue weighted by atomic mass is 10.0. The van der Waals surface area contributed by atoms with Crippen LogP contribution in [0.25, 0.3) is 22.2 Å². The molecule has 8 nitrogen and oxygen atoms in total. The van der Waals surface area contributed by atoms with E-state index in [4.69, 9.17) is 21.4 Å². The highest BCUT2D eigenvalue weighted by atomic mass is 35.5. The normalized spacial score (nSPS) is 21.2. The van der Waals surface area contributed by atoms with Gasteiger partial charge in [-0.2, -0.15) is 0 Å². The molecule has 1 atom stereocenters. The first kappa shape index (κ1) is 19.9. The molecule has 0 radical (unpaired) electrons. The van der Waals surface area contributed by atoms with Crippen LogP contribution in [-0.2, 0) is 15.6 Å². The zero-order chi connectivity index (χ0) is 21.0. The summed E-state index contributed by atoms with van der Waals surface area (Å²) in [6.07, 6.45) is 0. The highest BCUT2D eigenvalue weighted by Gasteiger charge is 2.44. The molecule has 1 saturated heterocycles. The quantitative estimate of drug-likeness (QED) is 0.630. The third-order valence-electron chi connectivity index (χ3n) is 4.72. The van der Waals surface area contributed by atoms with Crippen molar-refractivity contribution in [1.82, 2.24) is 19.8 Å². The summed E-state index contributed by atoms with van der Waals surface area (Å²) in [5.41, 5.74) is 0.894. The van der Waals surface area contributed by atoms with E-state index in [-0.39, 0.29) is 11.7 Å². The van der Waals surface area contributed by atoms with Crippen molar-refractivity contribution in [3.05, 3.63) is 45.8 Å². The van der Waals surface area contributed by atoms with Gasteiger partial charge in [-0.15, -0.1) is 21.5 Å². The van der Waals surface area contributed by atoms with Crippen molar-refractivity contribution in [3.63, 3.8) is 0 Å². The molecule has 11 heteroatoms. The van der Waals surface area contributed by atoms with Gasteiger partial charge < -0.3 is 9.73 Å². The molecular formula is C18H18ClN5O3S2. The predicted molar refractivity (Wildman–Crippen MR) is 113 cm³/mol. The second-order valence-electron chi connectivity index (χ2n) is 7.10. The first-order chi connectivity index (χ1) is 13.6. The Morgan fingerprint density at radius 1 is 1.28 bits per heavy atom. The van der Waals surface area contributed by atoms with Crippen LogP contribution in [0.1, 0.15) is 17.4 Å². The zero-order valence-electron chi connectivity index (χ0n) is 15.9. The number of nitrogens with zero attached hydrogens (tertiary/aromatic N) is 3. The summed E-state index contributed by atoms with van der Waals surface area (Å²) >= 11 is 7.70. The summed E-state index contributed by atoms with van der Waals surface area (Å²) in [6, 6.07) is 9.40. The Morgan fingerprint density at radius 3 is 2.59 bits per heavy atom. The van der Waals surface area contributed by atoms with Gasteiger partial charge >= 0.3 is 0 Å². The smallest absolute Gasteiger partial charge is 0.258 e. The molecule has 1 aliphatic heterocycles. The molecule has 1 fully saturated rings. The first-order valence-electron chi connectivity index (χ1n) is 8.63. The third-order valence-corrected chi connectivity index (χ3v) is 8.48. The van der Waals surface area contributed by atoms with Crippen molar-refractivity contribution in [1.29, 1.82) is 5.41 Å². The van der Waals surface area contributed by atoms with Crippen LogP contribution in [0.2, 0.25) is 5.02 Å². The second-order valence-corrected chi connectivity index (χ2v) is 10.6. The maximum absolute atomic E-state index is 12.4. The summed E-state index contributed by atoms with van der Waals surface area (Å²) in [7, 11) is -2.29. The van der Waals surface area contributed by atoms with Gasteiger partial charge in [0.2, 0.25) is 21.9 Å². The van der Waals surface area contributed by atoms with Gasteiger partial charge in [0.25, 0.3) is 5.89 Å². The Hall–Kier alpha value is -2.43. The topological polar surface area (TPSA) is 112 Å². The van der Waals surface area contributed by atoms with E-state index in [1.807, 2.05) is 31.2 Å². The summed E-state index contributed by atoms with van der Waals surface area (Å²) < 4.78 is 31.6. The number of hydrogen-bond donors (Lipinski definition) is 2. The van der Waals surface area contributed by atoms with Crippen LogP contribution >= 0.6 is 22.9 Å². The number of aryl methyl sites for hydroxylation is 1. The van der Waals surface area contributed by atoms with Gasteiger partial charge in [-0.05, 0) is 32.0 Å². The Balaban J connectivity index is 1.69. The molecule has 2 aromatic heterocycles. The van der Waals surface area contributed by atoms with Crippen LogP contribution in [0.3, 0.4) is 0 Å².